The SMILES string of the molecule is Cc1ccc(NC2CC3CCC2(C)C3(C)C)cc1I. The second-order valence-electron chi connectivity index (χ2n) is 7.27. The van der Waals surface area contributed by atoms with Gasteiger partial charge in [0.15, 0.2) is 0 Å². The molecule has 19 heavy (non-hydrogen) atoms. The molecule has 2 heteroatoms. The van der Waals surface area contributed by atoms with E-state index in [0.29, 0.717) is 16.9 Å². The molecule has 0 spiro atoms. The number of hydrogen-bond donors (Lipinski definition) is 1. The van der Waals surface area contributed by atoms with Crippen molar-refractivity contribution in [2.24, 2.45) is 16.7 Å². The molecule has 2 aliphatic rings. The van der Waals surface area contributed by atoms with Gasteiger partial charge < -0.3 is 5.32 Å². The van der Waals surface area contributed by atoms with Crippen LogP contribution in [0.15, 0.2) is 18.2 Å². The fraction of sp³-hybridized carbons (Fsp3) is 0.647. The van der Waals surface area contributed by atoms with Crippen molar-refractivity contribution in [1.82, 2.24) is 0 Å². The molecule has 1 aromatic carbocycles. The molecule has 0 heterocycles. The van der Waals surface area contributed by atoms with Gasteiger partial charge in [-0.1, -0.05) is 26.8 Å². The zero-order valence-electron chi connectivity index (χ0n) is 12.4. The number of halogens is 1. The van der Waals surface area contributed by atoms with Crippen LogP contribution in [-0.2, 0) is 0 Å². The molecule has 3 unspecified atom stereocenters. The molecular formula is C17H24IN. The van der Waals surface area contributed by atoms with Crippen molar-refractivity contribution in [3.63, 3.8) is 0 Å². The van der Waals surface area contributed by atoms with E-state index >= 15 is 0 Å². The van der Waals surface area contributed by atoms with E-state index in [4.69, 9.17) is 0 Å². The molecule has 2 fully saturated rings. The molecule has 1 nitrogen and oxygen atoms in total. The average molecular weight is 369 g/mol. The molecule has 3 atom stereocenters. The van der Waals surface area contributed by atoms with Crippen molar-refractivity contribution < 1.29 is 0 Å². The maximum Gasteiger partial charge on any atom is 0.0353 e. The number of rotatable bonds is 2. The van der Waals surface area contributed by atoms with Gasteiger partial charge in [0, 0.05) is 15.3 Å². The van der Waals surface area contributed by atoms with Crippen molar-refractivity contribution >= 4 is 28.3 Å². The van der Waals surface area contributed by atoms with Gasteiger partial charge >= 0.3 is 0 Å². The van der Waals surface area contributed by atoms with Gasteiger partial charge in [-0.15, -0.1) is 0 Å². The molecule has 104 valence electrons. The Morgan fingerprint density at radius 2 is 2.00 bits per heavy atom. The summed E-state index contributed by atoms with van der Waals surface area (Å²) in [5.74, 6) is 0.902. The Kier molecular flexibility index (Phi) is 3.16. The molecule has 2 saturated carbocycles. The first-order chi connectivity index (χ1) is 8.84. The molecule has 0 amide bonds. The summed E-state index contributed by atoms with van der Waals surface area (Å²) in [4.78, 5) is 0. The lowest BCUT2D eigenvalue weighted by atomic mass is 9.69. The normalized spacial score (nSPS) is 35.6. The Morgan fingerprint density at radius 1 is 1.26 bits per heavy atom. The van der Waals surface area contributed by atoms with E-state index in [-0.39, 0.29) is 0 Å². The lowest BCUT2D eigenvalue weighted by molar-refractivity contribution is 0.142. The molecule has 1 aromatic rings. The topological polar surface area (TPSA) is 12.0 Å². The highest BCUT2D eigenvalue weighted by Gasteiger charge is 2.61. The van der Waals surface area contributed by atoms with Crippen LogP contribution in [0.1, 0.15) is 45.6 Å². The number of aryl methyl sites for hydroxylation is 1. The van der Waals surface area contributed by atoms with E-state index in [2.05, 4.69) is 73.8 Å². The summed E-state index contributed by atoms with van der Waals surface area (Å²) in [6, 6.07) is 7.39. The summed E-state index contributed by atoms with van der Waals surface area (Å²) in [5.41, 5.74) is 3.60. The van der Waals surface area contributed by atoms with Crippen molar-refractivity contribution in [3.05, 3.63) is 27.3 Å². The summed E-state index contributed by atoms with van der Waals surface area (Å²) in [6.07, 6.45) is 4.15. The van der Waals surface area contributed by atoms with E-state index < -0.39 is 0 Å². The van der Waals surface area contributed by atoms with Crippen LogP contribution >= 0.6 is 22.6 Å². The van der Waals surface area contributed by atoms with Crippen molar-refractivity contribution in [2.45, 2.75) is 53.0 Å². The Morgan fingerprint density at radius 3 is 2.53 bits per heavy atom. The lowest BCUT2D eigenvalue weighted by Crippen LogP contribution is -2.40. The van der Waals surface area contributed by atoms with Crippen molar-refractivity contribution in [1.29, 1.82) is 0 Å². The third-order valence-electron chi connectivity index (χ3n) is 6.31. The minimum atomic E-state index is 0.452. The van der Waals surface area contributed by atoms with Gasteiger partial charge in [0.25, 0.3) is 0 Å². The predicted molar refractivity (Wildman–Crippen MR) is 90.5 cm³/mol. The van der Waals surface area contributed by atoms with Crippen LogP contribution in [0, 0.1) is 27.2 Å². The van der Waals surface area contributed by atoms with Gasteiger partial charge in [0.1, 0.15) is 0 Å². The lowest BCUT2D eigenvalue weighted by Gasteiger charge is -2.40. The standard InChI is InChI=1S/C17H24IN/c1-11-5-6-13(10-14(11)18)19-15-9-12-7-8-17(15,4)16(12,2)3/h5-6,10,12,15,19H,7-9H2,1-4H3. The van der Waals surface area contributed by atoms with Crippen LogP contribution in [0.5, 0.6) is 0 Å². The minimum absolute atomic E-state index is 0.452. The van der Waals surface area contributed by atoms with Crippen LogP contribution in [-0.4, -0.2) is 6.04 Å². The van der Waals surface area contributed by atoms with Gasteiger partial charge in [-0.05, 0) is 83.2 Å². The average Bonchev–Trinajstić information content (AvgIpc) is 2.67. The molecule has 2 bridgehead atoms. The maximum atomic E-state index is 3.83. The quantitative estimate of drug-likeness (QED) is 0.705. The summed E-state index contributed by atoms with van der Waals surface area (Å²) >= 11 is 2.43. The number of benzene rings is 1. The molecule has 3 rings (SSSR count). The van der Waals surface area contributed by atoms with Gasteiger partial charge in [-0.2, -0.15) is 0 Å². The third-order valence-corrected chi connectivity index (χ3v) is 7.47. The molecule has 0 aliphatic heterocycles. The molecule has 1 N–H and O–H groups in total. The molecule has 0 aromatic heterocycles. The van der Waals surface area contributed by atoms with E-state index in [1.807, 2.05) is 0 Å². The van der Waals surface area contributed by atoms with Gasteiger partial charge in [0.05, 0.1) is 0 Å². The molecular weight excluding hydrogens is 345 g/mol. The second-order valence-corrected chi connectivity index (χ2v) is 8.43. The molecule has 0 saturated heterocycles. The fourth-order valence-corrected chi connectivity index (χ4v) is 4.82. The highest BCUT2D eigenvalue weighted by Crippen LogP contribution is 2.65. The zero-order valence-corrected chi connectivity index (χ0v) is 14.5. The first kappa shape index (κ1) is 13.7. The van der Waals surface area contributed by atoms with Crippen molar-refractivity contribution in [3.8, 4) is 0 Å². The van der Waals surface area contributed by atoms with Crippen molar-refractivity contribution in [2.75, 3.05) is 5.32 Å². The van der Waals surface area contributed by atoms with Crippen LogP contribution in [0.25, 0.3) is 0 Å². The monoisotopic (exact) mass is 369 g/mol. The predicted octanol–water partition coefficient (Wildman–Crippen LogP) is 5.23. The van der Waals surface area contributed by atoms with E-state index in [1.54, 1.807) is 0 Å². The van der Waals surface area contributed by atoms with Gasteiger partial charge in [0.2, 0.25) is 0 Å². The second kappa shape index (κ2) is 4.37. The van der Waals surface area contributed by atoms with Crippen LogP contribution in [0.2, 0.25) is 0 Å². The minimum Gasteiger partial charge on any atom is -0.382 e. The number of fused-ring (bicyclic) bond motifs is 2. The molecule has 0 radical (unpaired) electrons. The number of hydrogen-bond acceptors (Lipinski definition) is 1. The van der Waals surface area contributed by atoms with E-state index in [0.717, 1.165) is 5.92 Å². The summed E-state index contributed by atoms with van der Waals surface area (Å²) < 4.78 is 1.36. The summed E-state index contributed by atoms with van der Waals surface area (Å²) in [6.45, 7) is 9.63. The van der Waals surface area contributed by atoms with Crippen LogP contribution in [0.3, 0.4) is 0 Å². The van der Waals surface area contributed by atoms with E-state index in [1.165, 1.54) is 34.1 Å². The zero-order chi connectivity index (χ0) is 13.8. The smallest absolute Gasteiger partial charge is 0.0353 e. The van der Waals surface area contributed by atoms with Gasteiger partial charge in [-0.3, -0.25) is 0 Å². The molecule has 2 aliphatic carbocycles. The highest BCUT2D eigenvalue weighted by atomic mass is 127. The maximum absolute atomic E-state index is 3.83. The Hall–Kier alpha value is -0.250. The Labute approximate surface area is 130 Å². The van der Waals surface area contributed by atoms with Crippen LogP contribution < -0.4 is 5.32 Å². The largest absolute Gasteiger partial charge is 0.382 e. The highest BCUT2D eigenvalue weighted by molar-refractivity contribution is 14.1. The third kappa shape index (κ3) is 1.93. The first-order valence-electron chi connectivity index (χ1n) is 7.37. The first-order valence-corrected chi connectivity index (χ1v) is 8.45. The van der Waals surface area contributed by atoms with Gasteiger partial charge in [-0.25, -0.2) is 0 Å². The van der Waals surface area contributed by atoms with E-state index in [9.17, 15) is 0 Å². The Bertz CT molecular complexity index is 508. The fourth-order valence-electron chi connectivity index (χ4n) is 4.31. The summed E-state index contributed by atoms with van der Waals surface area (Å²) in [7, 11) is 0. The summed E-state index contributed by atoms with van der Waals surface area (Å²) in [5, 5.41) is 3.83. The van der Waals surface area contributed by atoms with Crippen LogP contribution in [0.4, 0.5) is 5.69 Å². The number of nitrogens with one attached hydrogen (secondary N) is 1. The Balaban J connectivity index is 1.84. The number of anilines is 1.